The molecule has 0 N–H and O–H groups in total. The quantitative estimate of drug-likeness (QED) is 0.178. The van der Waals surface area contributed by atoms with Crippen molar-refractivity contribution in [3.63, 3.8) is 0 Å². The summed E-state index contributed by atoms with van der Waals surface area (Å²) in [5.41, 5.74) is 4.09. The van der Waals surface area contributed by atoms with Crippen LogP contribution in [0.2, 0.25) is 5.02 Å². The molecule has 2 saturated carbocycles. The molecule has 4 saturated heterocycles. The van der Waals surface area contributed by atoms with Crippen LogP contribution in [0.15, 0.2) is 53.3 Å². The highest BCUT2D eigenvalue weighted by atomic mass is 35.5. The fourth-order valence-electron chi connectivity index (χ4n) is 13.3. The first-order chi connectivity index (χ1) is 31.5. The summed E-state index contributed by atoms with van der Waals surface area (Å²) in [6.07, 6.45) is 15.0. The Morgan fingerprint density at radius 2 is 1.46 bits per heavy atom. The van der Waals surface area contributed by atoms with E-state index >= 15 is 8.78 Å². The summed E-state index contributed by atoms with van der Waals surface area (Å²) < 4.78 is 33.0. The molecule has 0 radical (unpaired) electrons. The maximum atomic E-state index is 15.4. The monoisotopic (exact) mass is 904 g/mol. The summed E-state index contributed by atoms with van der Waals surface area (Å²) in [5.74, 6) is -0.588. The minimum atomic E-state index is -0.894. The SMILES string of the molecule is O=C(C1CCC(CN2CCC(c3ccc4c(c3)-n3c(nc(=O)c5c(Cl)cccc53)C43CCCCC3)CC2)CC1)N1CCC2(CC1)CCN(c1cc(F)c(N3C(=O)CCCC3=O)c(F)c1)C2. The topological polar surface area (TPSA) is 99.1 Å². The molecule has 1 aromatic heterocycles. The van der Waals surface area contributed by atoms with Crippen molar-refractivity contribution in [1.82, 2.24) is 19.4 Å². The first-order valence-electron chi connectivity index (χ1n) is 24.5. The van der Waals surface area contributed by atoms with Gasteiger partial charge in [-0.3, -0.25) is 23.7 Å². The van der Waals surface area contributed by atoms with Gasteiger partial charge in [0.2, 0.25) is 17.7 Å². The van der Waals surface area contributed by atoms with Crippen LogP contribution >= 0.6 is 11.6 Å². The highest BCUT2D eigenvalue weighted by Crippen LogP contribution is 2.52. The molecule has 0 atom stereocenters. The number of carbonyl (C=O) groups is 3. The largest absolute Gasteiger partial charge is 0.371 e. The second-order valence-corrected chi connectivity index (χ2v) is 21.1. The normalized spacial score (nSPS) is 24.6. The summed E-state index contributed by atoms with van der Waals surface area (Å²) in [6.45, 7) is 5.96. The van der Waals surface area contributed by atoms with Gasteiger partial charge in [-0.05, 0) is 149 Å². The standard InChI is InChI=1S/C52H59ClF2N6O4/c53-39-6-4-7-42-46(39)48(64)56-50-52(18-2-1-3-19-52)38-15-14-36(28-43(38)60(42)50)34-16-23-57(24-17-34)31-33-10-12-35(13-11-33)49(65)58-25-20-51(21-26-58)22-27-59(32-51)37-29-40(54)47(41(55)30-37)61-44(62)8-5-9-45(61)63/h4,6-7,14-15,28-30,33-35H,1-3,5,8-13,16-27,31-32H2. The van der Waals surface area contributed by atoms with Gasteiger partial charge >= 0.3 is 0 Å². The average molecular weight is 906 g/mol. The molecule has 2 aliphatic carbocycles. The zero-order chi connectivity index (χ0) is 44.6. The van der Waals surface area contributed by atoms with Crippen LogP contribution in [0, 0.1) is 28.9 Å². The van der Waals surface area contributed by atoms with Gasteiger partial charge < -0.3 is 14.7 Å². The van der Waals surface area contributed by atoms with Gasteiger partial charge in [-0.2, -0.15) is 4.98 Å². The Balaban J connectivity index is 0.669. The van der Waals surface area contributed by atoms with Crippen LogP contribution in [0.5, 0.6) is 0 Å². The summed E-state index contributed by atoms with van der Waals surface area (Å²) in [7, 11) is 0. The highest BCUT2D eigenvalue weighted by molar-refractivity contribution is 6.35. The fraction of sp³-hybridized carbons (Fsp3) is 0.558. The lowest BCUT2D eigenvalue weighted by Crippen LogP contribution is -2.47. The summed E-state index contributed by atoms with van der Waals surface area (Å²) in [5, 5.41) is 0.955. The van der Waals surface area contributed by atoms with Gasteiger partial charge in [0.15, 0.2) is 11.6 Å². The van der Waals surface area contributed by atoms with Crippen molar-refractivity contribution in [3.05, 3.63) is 92.5 Å². The van der Waals surface area contributed by atoms with Gasteiger partial charge in [-0.25, -0.2) is 13.7 Å². The van der Waals surface area contributed by atoms with Crippen molar-refractivity contribution in [2.45, 2.75) is 120 Å². The van der Waals surface area contributed by atoms with Crippen LogP contribution in [0.25, 0.3) is 16.6 Å². The third kappa shape index (κ3) is 7.49. The van der Waals surface area contributed by atoms with Crippen LogP contribution < -0.4 is 15.4 Å². The number of carbonyl (C=O) groups excluding carboxylic acids is 3. The third-order valence-corrected chi connectivity index (χ3v) is 17.3. The van der Waals surface area contributed by atoms with E-state index in [1.807, 2.05) is 17.0 Å². The van der Waals surface area contributed by atoms with E-state index in [2.05, 4.69) is 32.6 Å². The van der Waals surface area contributed by atoms with Crippen LogP contribution in [-0.4, -0.2) is 82.9 Å². The van der Waals surface area contributed by atoms with Gasteiger partial charge in [0.25, 0.3) is 5.56 Å². The lowest BCUT2D eigenvalue weighted by atomic mass is 9.69. The summed E-state index contributed by atoms with van der Waals surface area (Å²) in [4.78, 5) is 64.3. The number of rotatable bonds is 6. The zero-order valence-corrected chi connectivity index (χ0v) is 38.0. The predicted molar refractivity (Wildman–Crippen MR) is 248 cm³/mol. The number of imide groups is 1. The zero-order valence-electron chi connectivity index (χ0n) is 37.3. The molecule has 6 fully saturated rings. The van der Waals surface area contributed by atoms with Crippen LogP contribution in [0.1, 0.15) is 132 Å². The van der Waals surface area contributed by atoms with E-state index in [0.717, 1.165) is 114 Å². The predicted octanol–water partition coefficient (Wildman–Crippen LogP) is 9.43. The minimum Gasteiger partial charge on any atom is -0.371 e. The van der Waals surface area contributed by atoms with Gasteiger partial charge in [0.05, 0.1) is 27.0 Å². The molecule has 3 amide bonds. The average Bonchev–Trinajstić information content (AvgIpc) is 3.84. The molecule has 0 bridgehead atoms. The molecule has 10 nitrogen and oxygen atoms in total. The van der Waals surface area contributed by atoms with Crippen molar-refractivity contribution >= 4 is 51.6 Å². The molecule has 11 rings (SSSR count). The number of benzene rings is 3. The number of hydrogen-bond acceptors (Lipinski definition) is 7. The number of halogens is 3. The molecule has 4 aromatic rings. The number of piperidine rings is 3. The number of amides is 3. The molecule has 6 heterocycles. The number of hydrogen-bond donors (Lipinski definition) is 0. The van der Waals surface area contributed by atoms with E-state index in [1.165, 1.54) is 35.4 Å². The Kier molecular flexibility index (Phi) is 11.1. The van der Waals surface area contributed by atoms with E-state index in [4.69, 9.17) is 16.6 Å². The molecule has 7 aliphatic rings. The van der Waals surface area contributed by atoms with Crippen molar-refractivity contribution in [2.75, 3.05) is 55.6 Å². The summed E-state index contributed by atoms with van der Waals surface area (Å²) >= 11 is 6.62. The molecular formula is C52H59ClF2N6O4. The number of fused-ring (bicyclic) bond motifs is 7. The van der Waals surface area contributed by atoms with Crippen molar-refractivity contribution < 1.29 is 23.2 Å². The molecule has 342 valence electrons. The number of anilines is 2. The van der Waals surface area contributed by atoms with Gasteiger partial charge in [0.1, 0.15) is 11.5 Å². The Morgan fingerprint density at radius 3 is 2.17 bits per heavy atom. The Morgan fingerprint density at radius 1 is 0.769 bits per heavy atom. The van der Waals surface area contributed by atoms with Gasteiger partial charge in [-0.15, -0.1) is 0 Å². The van der Waals surface area contributed by atoms with E-state index in [0.29, 0.717) is 71.3 Å². The van der Waals surface area contributed by atoms with E-state index in [-0.39, 0.29) is 35.1 Å². The number of likely N-dealkylation sites (tertiary alicyclic amines) is 2. The van der Waals surface area contributed by atoms with E-state index in [9.17, 15) is 19.2 Å². The lowest BCUT2D eigenvalue weighted by molar-refractivity contribution is -0.139. The van der Waals surface area contributed by atoms with Crippen molar-refractivity contribution in [2.24, 2.45) is 17.3 Å². The van der Waals surface area contributed by atoms with Crippen molar-refractivity contribution in [3.8, 4) is 5.69 Å². The second kappa shape index (κ2) is 16.9. The smallest absolute Gasteiger partial charge is 0.282 e. The molecule has 2 spiro atoms. The maximum absolute atomic E-state index is 15.4. The van der Waals surface area contributed by atoms with Crippen molar-refractivity contribution in [1.29, 1.82) is 0 Å². The minimum absolute atomic E-state index is 0.0149. The highest BCUT2D eigenvalue weighted by Gasteiger charge is 2.47. The van der Waals surface area contributed by atoms with E-state index in [1.54, 1.807) is 6.07 Å². The molecular weight excluding hydrogens is 846 g/mol. The van der Waals surface area contributed by atoms with Crippen LogP contribution in [0.3, 0.4) is 0 Å². The number of aromatic nitrogens is 2. The Hall–Kier alpha value is -4.68. The first kappa shape index (κ1) is 42.9. The molecule has 65 heavy (non-hydrogen) atoms. The first-order valence-corrected chi connectivity index (χ1v) is 24.9. The lowest BCUT2D eigenvalue weighted by Gasteiger charge is -2.41. The third-order valence-electron chi connectivity index (χ3n) is 17.0. The van der Waals surface area contributed by atoms with Gasteiger partial charge in [-0.1, -0.05) is 49.1 Å². The van der Waals surface area contributed by atoms with E-state index < -0.39 is 29.1 Å². The van der Waals surface area contributed by atoms with Crippen LogP contribution in [0.4, 0.5) is 20.2 Å². The molecule has 13 heteroatoms. The van der Waals surface area contributed by atoms with Gasteiger partial charge in [0, 0.05) is 57.2 Å². The molecule has 5 aliphatic heterocycles. The van der Waals surface area contributed by atoms with Crippen LogP contribution in [-0.2, 0) is 19.8 Å². The maximum Gasteiger partial charge on any atom is 0.282 e. The number of nitrogens with zero attached hydrogens (tertiary/aromatic N) is 6. The molecule has 0 unspecified atom stereocenters. The Bertz CT molecular complexity index is 2580. The fourth-order valence-corrected chi connectivity index (χ4v) is 13.6. The Labute approximate surface area is 384 Å². The molecule has 3 aromatic carbocycles. The second-order valence-electron chi connectivity index (χ2n) is 20.7. The summed E-state index contributed by atoms with van der Waals surface area (Å²) in [6, 6.07) is 15.4.